The predicted octanol–water partition coefficient (Wildman–Crippen LogP) is 5.04. The maximum absolute atomic E-state index is 10.7. The Balaban J connectivity index is 2.13. The van der Waals surface area contributed by atoms with Gasteiger partial charge in [-0.25, -0.2) is 0 Å². The standard InChI is InChI=1S/C14H12Br2N2O2/c1-9-2-3-10(12(15)6-9)8-17-14-5-4-11(18(19)20)7-13(14)16/h2-7,17H,8H2,1H3. The van der Waals surface area contributed by atoms with Crippen molar-refractivity contribution in [3.05, 3.63) is 66.6 Å². The van der Waals surface area contributed by atoms with Crippen molar-refractivity contribution in [1.29, 1.82) is 0 Å². The van der Waals surface area contributed by atoms with Gasteiger partial charge in [-0.15, -0.1) is 0 Å². The van der Waals surface area contributed by atoms with Crippen LogP contribution in [0.25, 0.3) is 0 Å². The van der Waals surface area contributed by atoms with Crippen LogP contribution in [0.5, 0.6) is 0 Å². The molecule has 0 fully saturated rings. The average molecular weight is 400 g/mol. The predicted molar refractivity (Wildman–Crippen MR) is 87.0 cm³/mol. The van der Waals surface area contributed by atoms with Crippen molar-refractivity contribution in [2.75, 3.05) is 5.32 Å². The van der Waals surface area contributed by atoms with Crippen LogP contribution in [0.3, 0.4) is 0 Å². The minimum absolute atomic E-state index is 0.0685. The fourth-order valence-corrected chi connectivity index (χ4v) is 2.89. The first-order chi connectivity index (χ1) is 9.47. The molecular formula is C14H12Br2N2O2. The van der Waals surface area contributed by atoms with Crippen molar-refractivity contribution in [3.8, 4) is 0 Å². The number of nitrogens with one attached hydrogen (secondary N) is 1. The van der Waals surface area contributed by atoms with Crippen LogP contribution >= 0.6 is 31.9 Å². The lowest BCUT2D eigenvalue weighted by Crippen LogP contribution is -2.01. The first kappa shape index (κ1) is 15.0. The SMILES string of the molecule is Cc1ccc(CNc2ccc([N+](=O)[O-])cc2Br)c(Br)c1. The van der Waals surface area contributed by atoms with Crippen molar-refractivity contribution in [3.63, 3.8) is 0 Å². The van der Waals surface area contributed by atoms with Crippen molar-refractivity contribution in [2.45, 2.75) is 13.5 Å². The lowest BCUT2D eigenvalue weighted by Gasteiger charge is -2.10. The molecule has 2 aromatic carbocycles. The van der Waals surface area contributed by atoms with Gasteiger partial charge in [0.05, 0.1) is 4.92 Å². The zero-order chi connectivity index (χ0) is 14.7. The monoisotopic (exact) mass is 398 g/mol. The molecule has 2 aromatic rings. The van der Waals surface area contributed by atoms with E-state index in [9.17, 15) is 10.1 Å². The summed E-state index contributed by atoms with van der Waals surface area (Å²) in [5.74, 6) is 0. The molecule has 0 amide bonds. The number of aryl methyl sites for hydroxylation is 1. The number of rotatable bonds is 4. The Morgan fingerprint density at radius 2 is 1.90 bits per heavy atom. The third-order valence-electron chi connectivity index (χ3n) is 2.84. The number of nitro groups is 1. The number of hydrogen-bond donors (Lipinski definition) is 1. The summed E-state index contributed by atoms with van der Waals surface area (Å²) in [4.78, 5) is 10.3. The highest BCUT2D eigenvalue weighted by molar-refractivity contribution is 9.11. The summed E-state index contributed by atoms with van der Waals surface area (Å²) in [6.45, 7) is 2.67. The van der Waals surface area contributed by atoms with Gasteiger partial charge < -0.3 is 5.32 Å². The zero-order valence-electron chi connectivity index (χ0n) is 10.7. The third-order valence-corrected chi connectivity index (χ3v) is 4.24. The van der Waals surface area contributed by atoms with Crippen LogP contribution < -0.4 is 5.32 Å². The van der Waals surface area contributed by atoms with E-state index in [-0.39, 0.29) is 5.69 Å². The zero-order valence-corrected chi connectivity index (χ0v) is 13.9. The molecule has 0 aliphatic heterocycles. The largest absolute Gasteiger partial charge is 0.380 e. The van der Waals surface area contributed by atoms with E-state index >= 15 is 0 Å². The van der Waals surface area contributed by atoms with E-state index in [2.05, 4.69) is 43.2 Å². The van der Waals surface area contributed by atoms with E-state index < -0.39 is 4.92 Å². The van der Waals surface area contributed by atoms with Gasteiger partial charge in [0, 0.05) is 33.3 Å². The van der Waals surface area contributed by atoms with Crippen LogP contribution in [0, 0.1) is 17.0 Å². The van der Waals surface area contributed by atoms with Crippen LogP contribution in [0.1, 0.15) is 11.1 Å². The number of benzene rings is 2. The van der Waals surface area contributed by atoms with Crippen molar-refractivity contribution in [1.82, 2.24) is 0 Å². The highest BCUT2D eigenvalue weighted by atomic mass is 79.9. The molecule has 0 bridgehead atoms. The van der Waals surface area contributed by atoms with Crippen molar-refractivity contribution < 1.29 is 4.92 Å². The summed E-state index contributed by atoms with van der Waals surface area (Å²) in [6, 6.07) is 10.8. The maximum Gasteiger partial charge on any atom is 0.270 e. The minimum atomic E-state index is -0.412. The van der Waals surface area contributed by atoms with E-state index in [1.807, 2.05) is 19.1 Å². The molecule has 2 rings (SSSR count). The fraction of sp³-hybridized carbons (Fsp3) is 0.143. The van der Waals surface area contributed by atoms with Crippen LogP contribution in [0.2, 0.25) is 0 Å². The van der Waals surface area contributed by atoms with Crippen molar-refractivity contribution >= 4 is 43.2 Å². The quantitative estimate of drug-likeness (QED) is 0.578. The summed E-state index contributed by atoms with van der Waals surface area (Å²) in [5, 5.41) is 13.9. The molecule has 104 valence electrons. The van der Waals surface area contributed by atoms with Gasteiger partial charge >= 0.3 is 0 Å². The number of nitrogens with zero attached hydrogens (tertiary/aromatic N) is 1. The fourth-order valence-electron chi connectivity index (χ4n) is 1.75. The van der Waals surface area contributed by atoms with E-state index in [4.69, 9.17) is 0 Å². The molecule has 0 heterocycles. The smallest absolute Gasteiger partial charge is 0.270 e. The molecule has 0 saturated carbocycles. The molecule has 20 heavy (non-hydrogen) atoms. The number of halogens is 2. The van der Waals surface area contributed by atoms with Gasteiger partial charge in [-0.2, -0.15) is 0 Å². The van der Waals surface area contributed by atoms with Gasteiger partial charge in [-0.3, -0.25) is 10.1 Å². The summed E-state index contributed by atoms with van der Waals surface area (Å²) < 4.78 is 1.72. The minimum Gasteiger partial charge on any atom is -0.380 e. The average Bonchev–Trinajstić information content (AvgIpc) is 2.38. The van der Waals surface area contributed by atoms with Gasteiger partial charge in [-0.1, -0.05) is 28.1 Å². The Morgan fingerprint density at radius 1 is 1.15 bits per heavy atom. The molecule has 0 radical (unpaired) electrons. The molecular weight excluding hydrogens is 388 g/mol. The van der Waals surface area contributed by atoms with Gasteiger partial charge in [0.1, 0.15) is 0 Å². The van der Waals surface area contributed by atoms with Gasteiger partial charge in [0.25, 0.3) is 5.69 Å². The summed E-state index contributed by atoms with van der Waals surface area (Å²) in [6.07, 6.45) is 0. The number of nitro benzene ring substituents is 1. The van der Waals surface area contributed by atoms with E-state index in [0.717, 1.165) is 15.7 Å². The first-order valence-electron chi connectivity index (χ1n) is 5.90. The maximum atomic E-state index is 10.7. The summed E-state index contributed by atoms with van der Waals surface area (Å²) in [7, 11) is 0. The molecule has 0 saturated heterocycles. The van der Waals surface area contributed by atoms with Crippen LogP contribution in [0.15, 0.2) is 45.3 Å². The Hall–Kier alpha value is -1.40. The second-order valence-corrected chi connectivity index (χ2v) is 6.08. The summed E-state index contributed by atoms with van der Waals surface area (Å²) >= 11 is 6.87. The van der Waals surface area contributed by atoms with E-state index in [1.54, 1.807) is 6.07 Å². The molecule has 4 nitrogen and oxygen atoms in total. The summed E-state index contributed by atoms with van der Waals surface area (Å²) in [5.41, 5.74) is 3.21. The van der Waals surface area contributed by atoms with Crippen molar-refractivity contribution in [2.24, 2.45) is 0 Å². The van der Waals surface area contributed by atoms with Crippen LogP contribution in [-0.4, -0.2) is 4.92 Å². The topological polar surface area (TPSA) is 55.2 Å². The van der Waals surface area contributed by atoms with Gasteiger partial charge in [0.15, 0.2) is 0 Å². The molecule has 0 spiro atoms. The second kappa shape index (κ2) is 6.37. The van der Waals surface area contributed by atoms with Gasteiger partial charge in [-0.05, 0) is 46.1 Å². The number of non-ortho nitro benzene ring substituents is 1. The third kappa shape index (κ3) is 3.58. The van der Waals surface area contributed by atoms with E-state index in [1.165, 1.54) is 17.7 Å². The lowest BCUT2D eigenvalue weighted by atomic mass is 10.1. The highest BCUT2D eigenvalue weighted by Crippen LogP contribution is 2.28. The Morgan fingerprint density at radius 3 is 2.50 bits per heavy atom. The van der Waals surface area contributed by atoms with Gasteiger partial charge in [0.2, 0.25) is 0 Å². The van der Waals surface area contributed by atoms with Crippen LogP contribution in [-0.2, 0) is 6.54 Å². The van der Waals surface area contributed by atoms with E-state index in [0.29, 0.717) is 11.0 Å². The molecule has 1 N–H and O–H groups in total. The highest BCUT2D eigenvalue weighted by Gasteiger charge is 2.09. The second-order valence-electron chi connectivity index (χ2n) is 4.37. The molecule has 0 aliphatic carbocycles. The van der Waals surface area contributed by atoms with Crippen LogP contribution in [0.4, 0.5) is 11.4 Å². The Bertz CT molecular complexity index is 660. The lowest BCUT2D eigenvalue weighted by molar-refractivity contribution is -0.384. The number of anilines is 1. The molecule has 6 heteroatoms. The molecule has 0 unspecified atom stereocenters. The first-order valence-corrected chi connectivity index (χ1v) is 7.49. The molecule has 0 aliphatic rings. The Labute approximate surface area is 133 Å². The molecule has 0 aromatic heterocycles. The Kier molecular flexibility index (Phi) is 4.77. The normalized spacial score (nSPS) is 10.3. The molecule has 0 atom stereocenters. The number of hydrogen-bond acceptors (Lipinski definition) is 3.